The molecule has 0 saturated heterocycles. The average molecular weight is 364 g/mol. The number of esters is 1. The number of aliphatic hydroxyl groups excluding tert-OH is 1. The number of aliphatic imine (C=N–C) groups is 1. The summed E-state index contributed by atoms with van der Waals surface area (Å²) >= 11 is 11.4. The molecule has 2 rings (SSSR count). The largest absolute Gasteiger partial charge is 0.506 e. The lowest BCUT2D eigenvalue weighted by molar-refractivity contribution is -0.137. The summed E-state index contributed by atoms with van der Waals surface area (Å²) in [5.41, 5.74) is -0.622. The van der Waals surface area contributed by atoms with Crippen molar-refractivity contribution in [2.45, 2.75) is 25.8 Å². The van der Waals surface area contributed by atoms with E-state index in [1.807, 2.05) is 0 Å². The number of aliphatic hydroxyl groups is 1. The summed E-state index contributed by atoms with van der Waals surface area (Å²) in [5, 5.41) is 9.19. The summed E-state index contributed by atoms with van der Waals surface area (Å²) in [5.74, 6) is -4.18. The van der Waals surface area contributed by atoms with E-state index in [0.717, 1.165) is 19.1 Å². The molecule has 1 saturated carbocycles. The van der Waals surface area contributed by atoms with Gasteiger partial charge in [-0.3, -0.25) is 4.99 Å². The topological polar surface area (TPSA) is 58.9 Å². The van der Waals surface area contributed by atoms with Gasteiger partial charge < -0.3 is 9.84 Å². The monoisotopic (exact) mass is 363 g/mol. The average Bonchev–Trinajstić information content (AvgIpc) is 3.33. The lowest BCUT2D eigenvalue weighted by Crippen LogP contribution is -2.12. The maximum absolute atomic E-state index is 13.5. The first-order valence-corrected chi connectivity index (χ1v) is 7.59. The molecule has 124 valence electrons. The smallest absolute Gasteiger partial charge is 0.343 e. The van der Waals surface area contributed by atoms with Gasteiger partial charge in [0.05, 0.1) is 22.7 Å². The fraction of sp³-hybridized carbons (Fsp3) is 0.333. The first-order valence-electron chi connectivity index (χ1n) is 6.83. The predicted molar refractivity (Wildman–Crippen MR) is 84.1 cm³/mol. The van der Waals surface area contributed by atoms with E-state index < -0.39 is 33.4 Å². The Morgan fingerprint density at radius 3 is 2.65 bits per heavy atom. The van der Waals surface area contributed by atoms with Crippen LogP contribution in [0.15, 0.2) is 16.6 Å². The van der Waals surface area contributed by atoms with Crippen molar-refractivity contribution in [3.63, 3.8) is 0 Å². The highest BCUT2D eigenvalue weighted by atomic mass is 35.5. The first kappa shape index (κ1) is 17.7. The standard InChI is InChI=1S/C15H13Cl2F2NO3/c1-2-23-15(22)9(6-20-7-3-4-7)14(21)8-5-10(18)13(19)12(17)11(8)16/h5-7,21H,2-4H2,1H3. The van der Waals surface area contributed by atoms with Crippen LogP contribution in [-0.4, -0.2) is 29.9 Å². The highest BCUT2D eigenvalue weighted by Crippen LogP contribution is 2.34. The molecule has 0 spiro atoms. The number of carbonyl (C=O) groups is 1. The minimum absolute atomic E-state index is 0.0686. The second-order valence-corrected chi connectivity index (χ2v) is 5.60. The number of halogens is 4. The van der Waals surface area contributed by atoms with Crippen molar-refractivity contribution < 1.29 is 23.4 Å². The lowest BCUT2D eigenvalue weighted by Gasteiger charge is -2.10. The normalized spacial score (nSPS) is 15.7. The van der Waals surface area contributed by atoms with Crippen LogP contribution in [0.25, 0.3) is 5.76 Å². The van der Waals surface area contributed by atoms with Crippen LogP contribution < -0.4 is 0 Å². The van der Waals surface area contributed by atoms with Crippen molar-refractivity contribution in [1.82, 2.24) is 0 Å². The van der Waals surface area contributed by atoms with Gasteiger partial charge in [-0.15, -0.1) is 0 Å². The first-order chi connectivity index (χ1) is 10.9. The maximum atomic E-state index is 13.5. The van der Waals surface area contributed by atoms with Gasteiger partial charge >= 0.3 is 5.97 Å². The minimum atomic E-state index is -1.34. The SMILES string of the molecule is CCOC(=O)C(C=NC1CC1)=C(O)c1cc(F)c(F)c(Cl)c1Cl. The van der Waals surface area contributed by atoms with Crippen molar-refractivity contribution >= 4 is 41.1 Å². The van der Waals surface area contributed by atoms with Crippen molar-refractivity contribution in [3.05, 3.63) is 38.9 Å². The Bertz CT molecular complexity index is 700. The van der Waals surface area contributed by atoms with Gasteiger partial charge in [0.15, 0.2) is 11.6 Å². The summed E-state index contributed by atoms with van der Waals surface area (Å²) < 4.78 is 31.7. The third-order valence-electron chi connectivity index (χ3n) is 3.07. The van der Waals surface area contributed by atoms with Gasteiger partial charge in [-0.2, -0.15) is 0 Å². The van der Waals surface area contributed by atoms with Gasteiger partial charge in [-0.05, 0) is 25.8 Å². The lowest BCUT2D eigenvalue weighted by atomic mass is 10.1. The highest BCUT2D eigenvalue weighted by molar-refractivity contribution is 6.43. The van der Waals surface area contributed by atoms with Gasteiger partial charge in [0.1, 0.15) is 11.3 Å². The zero-order valence-electron chi connectivity index (χ0n) is 12.1. The number of nitrogens with zero attached hydrogens (tertiary/aromatic N) is 1. The summed E-state index contributed by atoms with van der Waals surface area (Å²) in [7, 11) is 0. The van der Waals surface area contributed by atoms with Crippen molar-refractivity contribution in [1.29, 1.82) is 0 Å². The van der Waals surface area contributed by atoms with Crippen LogP contribution in [0, 0.1) is 11.6 Å². The molecule has 1 N–H and O–H groups in total. The van der Waals surface area contributed by atoms with E-state index in [2.05, 4.69) is 4.99 Å². The highest BCUT2D eigenvalue weighted by Gasteiger charge is 2.24. The molecule has 4 nitrogen and oxygen atoms in total. The molecule has 1 aromatic carbocycles. The van der Waals surface area contributed by atoms with Gasteiger partial charge in [0, 0.05) is 11.8 Å². The summed E-state index contributed by atoms with van der Waals surface area (Å²) in [6.07, 6.45) is 2.91. The number of hydrogen-bond donors (Lipinski definition) is 1. The molecule has 8 heteroatoms. The van der Waals surface area contributed by atoms with E-state index in [1.54, 1.807) is 6.92 Å². The van der Waals surface area contributed by atoms with Crippen LogP contribution in [0.3, 0.4) is 0 Å². The number of carbonyl (C=O) groups excluding carboxylic acids is 1. The second-order valence-electron chi connectivity index (χ2n) is 4.84. The second kappa shape index (κ2) is 7.27. The Kier molecular flexibility index (Phi) is 5.59. The zero-order valence-corrected chi connectivity index (χ0v) is 13.6. The van der Waals surface area contributed by atoms with Crippen LogP contribution in [0.4, 0.5) is 8.78 Å². The molecule has 1 fully saturated rings. The van der Waals surface area contributed by atoms with Gasteiger partial charge in [0.2, 0.25) is 0 Å². The van der Waals surface area contributed by atoms with Gasteiger partial charge in [-0.25, -0.2) is 13.6 Å². The van der Waals surface area contributed by atoms with Crippen LogP contribution >= 0.6 is 23.2 Å². The fourth-order valence-corrected chi connectivity index (χ4v) is 2.13. The molecule has 0 heterocycles. The van der Waals surface area contributed by atoms with E-state index in [9.17, 15) is 18.7 Å². The molecule has 0 aliphatic heterocycles. The summed E-state index contributed by atoms with van der Waals surface area (Å²) in [6, 6.07) is 0.736. The van der Waals surface area contributed by atoms with Crippen LogP contribution in [0.2, 0.25) is 10.0 Å². The van der Waals surface area contributed by atoms with Crippen molar-refractivity contribution in [3.8, 4) is 0 Å². The fourth-order valence-electron chi connectivity index (χ4n) is 1.71. The Hall–Kier alpha value is -1.66. The summed E-state index contributed by atoms with van der Waals surface area (Å²) in [4.78, 5) is 16.1. The van der Waals surface area contributed by atoms with E-state index in [-0.39, 0.29) is 23.8 Å². The van der Waals surface area contributed by atoms with Crippen LogP contribution in [0.5, 0.6) is 0 Å². The van der Waals surface area contributed by atoms with E-state index in [0.29, 0.717) is 6.07 Å². The van der Waals surface area contributed by atoms with Crippen molar-refractivity contribution in [2.75, 3.05) is 6.61 Å². The molecule has 0 unspecified atom stereocenters. The molecule has 0 bridgehead atoms. The summed E-state index contributed by atoms with van der Waals surface area (Å²) in [6.45, 7) is 1.66. The molecule has 23 heavy (non-hydrogen) atoms. The third-order valence-corrected chi connectivity index (χ3v) is 3.91. The molecule has 0 aromatic heterocycles. The number of benzene rings is 1. The molecular formula is C15H13Cl2F2NO3. The molecule has 0 amide bonds. The Morgan fingerprint density at radius 1 is 1.43 bits per heavy atom. The van der Waals surface area contributed by atoms with Crippen molar-refractivity contribution in [2.24, 2.45) is 4.99 Å². The molecular weight excluding hydrogens is 351 g/mol. The minimum Gasteiger partial charge on any atom is -0.506 e. The van der Waals surface area contributed by atoms with E-state index in [4.69, 9.17) is 27.9 Å². The zero-order chi connectivity index (χ0) is 17.1. The van der Waals surface area contributed by atoms with Gasteiger partial charge in [-0.1, -0.05) is 23.2 Å². The number of rotatable bonds is 5. The van der Waals surface area contributed by atoms with E-state index in [1.165, 1.54) is 0 Å². The number of ether oxygens (including phenoxy) is 1. The van der Waals surface area contributed by atoms with Crippen LogP contribution in [-0.2, 0) is 9.53 Å². The molecule has 0 atom stereocenters. The Labute approximate surface area is 141 Å². The molecule has 0 radical (unpaired) electrons. The maximum Gasteiger partial charge on any atom is 0.343 e. The predicted octanol–water partition coefficient (Wildman–Crippen LogP) is 4.34. The van der Waals surface area contributed by atoms with Gasteiger partial charge in [0.25, 0.3) is 0 Å². The molecule has 1 aliphatic carbocycles. The molecule has 1 aromatic rings. The third kappa shape index (κ3) is 4.00. The number of hydrogen-bond acceptors (Lipinski definition) is 4. The Balaban J connectivity index is 2.54. The van der Waals surface area contributed by atoms with E-state index >= 15 is 0 Å². The molecule has 1 aliphatic rings. The van der Waals surface area contributed by atoms with Crippen LogP contribution in [0.1, 0.15) is 25.3 Å². The Morgan fingerprint density at radius 2 is 2.09 bits per heavy atom. The quantitative estimate of drug-likeness (QED) is 0.211.